The van der Waals surface area contributed by atoms with Crippen molar-refractivity contribution >= 4 is 40.9 Å². The van der Waals surface area contributed by atoms with Crippen LogP contribution in [0.4, 0.5) is 11.6 Å². The molecule has 1 amide bonds. The average Bonchev–Trinajstić information content (AvgIpc) is 3.39. The van der Waals surface area contributed by atoms with Crippen molar-refractivity contribution in [1.29, 1.82) is 0 Å². The summed E-state index contributed by atoms with van der Waals surface area (Å²) < 4.78 is 14.0. The fourth-order valence-electron chi connectivity index (χ4n) is 4.74. The summed E-state index contributed by atoms with van der Waals surface area (Å²) in [5.41, 5.74) is 4.66. The van der Waals surface area contributed by atoms with Gasteiger partial charge in [-0.15, -0.1) is 5.10 Å². The van der Waals surface area contributed by atoms with E-state index in [4.69, 9.17) is 31.2 Å². The van der Waals surface area contributed by atoms with E-state index >= 15 is 0 Å². The van der Waals surface area contributed by atoms with Gasteiger partial charge in [-0.2, -0.15) is 4.98 Å². The molecule has 2 heterocycles. The van der Waals surface area contributed by atoms with E-state index in [0.29, 0.717) is 52.1 Å². The molecule has 0 fully saturated rings. The van der Waals surface area contributed by atoms with Gasteiger partial charge in [0.05, 0.1) is 12.2 Å². The largest absolute Gasteiger partial charge is 0.490 e. The van der Waals surface area contributed by atoms with Gasteiger partial charge in [-0.25, -0.2) is 4.68 Å². The van der Waals surface area contributed by atoms with Crippen molar-refractivity contribution in [2.75, 3.05) is 23.0 Å². The highest BCUT2D eigenvalue weighted by Crippen LogP contribution is 2.40. The molecule has 0 radical (unpaired) electrons. The van der Waals surface area contributed by atoms with Gasteiger partial charge >= 0.3 is 0 Å². The Morgan fingerprint density at radius 2 is 1.83 bits per heavy atom. The number of aryl methyl sites for hydroxylation is 1. The van der Waals surface area contributed by atoms with Gasteiger partial charge in [0.1, 0.15) is 12.6 Å². The van der Waals surface area contributed by atoms with Crippen LogP contribution in [0, 0.1) is 6.92 Å². The van der Waals surface area contributed by atoms with Crippen LogP contribution >= 0.6 is 23.4 Å². The first-order chi connectivity index (χ1) is 20.4. The molecule has 3 aromatic carbocycles. The number of carbonyl (C=O) groups excluding carboxylic acids is 1. The molecular weight excluding hydrogens is 570 g/mol. The highest BCUT2D eigenvalue weighted by atomic mass is 35.5. The van der Waals surface area contributed by atoms with Gasteiger partial charge in [-0.05, 0) is 62.6 Å². The standard InChI is InChI=1S/C32H34ClN5O3S/c1-5-17-42-32-36-31-34-21(4)28(30(39)35-25-14-10-7-11-20(25)3)29(38(31)37-32)22-15-16-26(27(18-22)40-6-2)41-19-23-12-8-9-13-24(23)33/h7-16,18,29H,5-6,17,19H2,1-4H3,(H,35,39)(H,34,36,37). The van der Waals surface area contributed by atoms with Crippen LogP contribution in [0.25, 0.3) is 0 Å². The van der Waals surface area contributed by atoms with Gasteiger partial charge < -0.3 is 20.1 Å². The molecule has 0 bridgehead atoms. The third-order valence-corrected chi connectivity index (χ3v) is 8.24. The minimum atomic E-state index is -0.550. The first-order valence-electron chi connectivity index (χ1n) is 14.0. The summed E-state index contributed by atoms with van der Waals surface area (Å²) in [4.78, 5) is 18.7. The van der Waals surface area contributed by atoms with Crippen LogP contribution in [-0.2, 0) is 11.4 Å². The smallest absolute Gasteiger partial charge is 0.255 e. The predicted octanol–water partition coefficient (Wildman–Crippen LogP) is 7.65. The van der Waals surface area contributed by atoms with Crippen LogP contribution in [0.1, 0.15) is 49.9 Å². The Labute approximate surface area is 255 Å². The van der Waals surface area contributed by atoms with E-state index in [-0.39, 0.29) is 5.91 Å². The number of allylic oxidation sites excluding steroid dienone is 1. The maximum Gasteiger partial charge on any atom is 0.255 e. The number of fused-ring (bicyclic) bond motifs is 1. The van der Waals surface area contributed by atoms with Crippen molar-refractivity contribution in [1.82, 2.24) is 14.8 Å². The number of nitrogens with one attached hydrogen (secondary N) is 2. The lowest BCUT2D eigenvalue weighted by molar-refractivity contribution is -0.113. The van der Waals surface area contributed by atoms with E-state index < -0.39 is 6.04 Å². The molecule has 1 aromatic heterocycles. The molecule has 0 saturated carbocycles. The number of ether oxygens (including phenoxy) is 2. The SMILES string of the molecule is CCCSc1nc2n(n1)C(c1ccc(OCc3ccccc3Cl)c(OCC)c1)C(C(=O)Nc1ccccc1C)=C(C)N2. The lowest BCUT2D eigenvalue weighted by atomic mass is 9.94. The monoisotopic (exact) mass is 603 g/mol. The van der Waals surface area contributed by atoms with Crippen LogP contribution < -0.4 is 20.1 Å². The summed E-state index contributed by atoms with van der Waals surface area (Å²) in [6.45, 7) is 8.64. The number of hydrogen-bond donors (Lipinski definition) is 2. The molecule has 0 aliphatic carbocycles. The molecule has 0 spiro atoms. The molecule has 1 unspecified atom stereocenters. The van der Waals surface area contributed by atoms with Gasteiger partial charge in [-0.3, -0.25) is 4.79 Å². The number of para-hydroxylation sites is 1. The van der Waals surface area contributed by atoms with E-state index in [1.54, 1.807) is 16.4 Å². The second kappa shape index (κ2) is 13.4. The Bertz CT molecular complexity index is 1620. The Morgan fingerprint density at radius 3 is 2.60 bits per heavy atom. The molecular formula is C32H34ClN5O3S. The van der Waals surface area contributed by atoms with Crippen molar-refractivity contribution in [3.63, 3.8) is 0 Å². The second-order valence-corrected chi connectivity index (χ2v) is 11.3. The molecule has 1 aliphatic heterocycles. The summed E-state index contributed by atoms with van der Waals surface area (Å²) in [6, 6.07) is 20.5. The fourth-order valence-corrected chi connectivity index (χ4v) is 5.62. The second-order valence-electron chi connectivity index (χ2n) is 9.87. The van der Waals surface area contributed by atoms with Crippen LogP contribution in [0.15, 0.2) is 83.2 Å². The van der Waals surface area contributed by atoms with Gasteiger partial charge in [0.2, 0.25) is 11.1 Å². The fraction of sp³-hybridized carbons (Fsp3) is 0.281. The number of amides is 1. The number of rotatable bonds is 11. The number of aromatic nitrogens is 3. The maximum atomic E-state index is 13.9. The van der Waals surface area contributed by atoms with E-state index in [9.17, 15) is 4.79 Å². The van der Waals surface area contributed by atoms with Crippen molar-refractivity contribution in [3.8, 4) is 11.5 Å². The molecule has 2 N–H and O–H groups in total. The highest BCUT2D eigenvalue weighted by Gasteiger charge is 2.35. The normalized spacial score (nSPS) is 14.3. The minimum absolute atomic E-state index is 0.222. The Hall–Kier alpha value is -3.95. The van der Waals surface area contributed by atoms with E-state index in [1.165, 1.54) is 0 Å². The molecule has 8 nitrogen and oxygen atoms in total. The zero-order valence-corrected chi connectivity index (χ0v) is 25.7. The highest BCUT2D eigenvalue weighted by molar-refractivity contribution is 7.99. The topological polar surface area (TPSA) is 90.3 Å². The van der Waals surface area contributed by atoms with Gasteiger partial charge in [0, 0.05) is 27.7 Å². The molecule has 4 aromatic rings. The lowest BCUT2D eigenvalue weighted by Crippen LogP contribution is -2.31. The number of nitrogens with zero attached hydrogens (tertiary/aromatic N) is 3. The third kappa shape index (κ3) is 6.42. The van der Waals surface area contributed by atoms with Crippen molar-refractivity contribution in [2.45, 2.75) is 51.9 Å². The first-order valence-corrected chi connectivity index (χ1v) is 15.3. The van der Waals surface area contributed by atoms with Crippen molar-refractivity contribution in [2.24, 2.45) is 0 Å². The Kier molecular flexibility index (Phi) is 9.39. The first kappa shape index (κ1) is 29.5. The predicted molar refractivity (Wildman–Crippen MR) is 169 cm³/mol. The van der Waals surface area contributed by atoms with Crippen LogP contribution in [0.2, 0.25) is 5.02 Å². The van der Waals surface area contributed by atoms with Crippen LogP contribution in [0.3, 0.4) is 0 Å². The summed E-state index contributed by atoms with van der Waals surface area (Å²) >= 11 is 7.94. The quantitative estimate of drug-likeness (QED) is 0.170. The molecule has 1 atom stereocenters. The van der Waals surface area contributed by atoms with E-state index in [0.717, 1.165) is 34.6 Å². The number of hydrogen-bond acceptors (Lipinski definition) is 7. The molecule has 0 saturated heterocycles. The Morgan fingerprint density at radius 1 is 1.05 bits per heavy atom. The van der Waals surface area contributed by atoms with E-state index in [1.807, 2.05) is 87.5 Å². The zero-order chi connectivity index (χ0) is 29.6. The zero-order valence-electron chi connectivity index (χ0n) is 24.1. The van der Waals surface area contributed by atoms with Gasteiger partial charge in [-0.1, -0.05) is 72.8 Å². The number of anilines is 2. The summed E-state index contributed by atoms with van der Waals surface area (Å²) in [7, 11) is 0. The van der Waals surface area contributed by atoms with Crippen LogP contribution in [-0.4, -0.2) is 33.0 Å². The summed E-state index contributed by atoms with van der Waals surface area (Å²) in [6.07, 6.45) is 1.00. The molecule has 10 heteroatoms. The Balaban J connectivity index is 1.54. The van der Waals surface area contributed by atoms with Crippen LogP contribution in [0.5, 0.6) is 11.5 Å². The summed E-state index contributed by atoms with van der Waals surface area (Å²) in [5, 5.41) is 12.5. The third-order valence-electron chi connectivity index (χ3n) is 6.83. The molecule has 5 rings (SSSR count). The van der Waals surface area contributed by atoms with Gasteiger partial charge in [0.15, 0.2) is 11.5 Å². The molecule has 42 heavy (non-hydrogen) atoms. The van der Waals surface area contributed by atoms with Gasteiger partial charge in [0.25, 0.3) is 5.91 Å². The number of carbonyl (C=O) groups is 1. The minimum Gasteiger partial charge on any atom is -0.490 e. The molecule has 1 aliphatic rings. The lowest BCUT2D eigenvalue weighted by Gasteiger charge is -2.29. The van der Waals surface area contributed by atoms with Crippen molar-refractivity contribution in [3.05, 3.63) is 99.7 Å². The average molecular weight is 604 g/mol. The maximum absolute atomic E-state index is 13.9. The number of halogens is 1. The number of benzene rings is 3. The number of thioether (sulfide) groups is 1. The van der Waals surface area contributed by atoms with E-state index in [2.05, 4.69) is 17.6 Å². The molecule has 218 valence electrons. The summed E-state index contributed by atoms with van der Waals surface area (Å²) in [5.74, 6) is 2.41. The van der Waals surface area contributed by atoms with Crippen molar-refractivity contribution < 1.29 is 14.3 Å².